The summed E-state index contributed by atoms with van der Waals surface area (Å²) >= 11 is 7.61. The lowest BCUT2D eigenvalue weighted by Gasteiger charge is -2.14. The first-order chi connectivity index (χ1) is 17.4. The number of aryl methyl sites for hydroxylation is 1. The SMILES string of the molecule is CCOc1nc(-c2cnc(N)nc2N)cs1.CCc1cc2cccc(Cl)c2c(=O)n1-c1ccccc1. The Morgan fingerprint density at radius 2 is 1.83 bits per heavy atom. The Hall–Kier alpha value is -3.95. The molecule has 0 bridgehead atoms. The van der Waals surface area contributed by atoms with Gasteiger partial charge in [-0.2, -0.15) is 4.98 Å². The molecule has 0 radical (unpaired) electrons. The number of rotatable bonds is 5. The zero-order valence-corrected chi connectivity index (χ0v) is 21.4. The average molecular weight is 521 g/mol. The van der Waals surface area contributed by atoms with Crippen LogP contribution < -0.4 is 21.8 Å². The maximum atomic E-state index is 12.8. The molecule has 0 fully saturated rings. The first-order valence-corrected chi connectivity index (χ1v) is 12.5. The molecule has 0 unspecified atom stereocenters. The minimum atomic E-state index is -0.0591. The number of ether oxygens (including phenoxy) is 1. The van der Waals surface area contributed by atoms with E-state index in [1.165, 1.54) is 11.3 Å². The Balaban J connectivity index is 0.000000174. The topological polar surface area (TPSA) is 122 Å². The number of halogens is 1. The van der Waals surface area contributed by atoms with Crippen molar-refractivity contribution >= 4 is 45.5 Å². The van der Waals surface area contributed by atoms with Gasteiger partial charge in [-0.1, -0.05) is 60.2 Å². The molecule has 36 heavy (non-hydrogen) atoms. The Morgan fingerprint density at radius 3 is 2.53 bits per heavy atom. The van der Waals surface area contributed by atoms with E-state index in [2.05, 4.69) is 15.0 Å². The molecule has 3 heterocycles. The van der Waals surface area contributed by atoms with E-state index in [1.54, 1.807) is 16.8 Å². The molecular weight excluding hydrogens is 496 g/mol. The van der Waals surface area contributed by atoms with Gasteiger partial charge in [0.05, 0.1) is 28.3 Å². The van der Waals surface area contributed by atoms with Crippen molar-refractivity contribution in [3.63, 3.8) is 0 Å². The zero-order valence-electron chi connectivity index (χ0n) is 19.8. The van der Waals surface area contributed by atoms with E-state index in [-0.39, 0.29) is 11.5 Å². The number of nitrogens with two attached hydrogens (primary N) is 2. The summed E-state index contributed by atoms with van der Waals surface area (Å²) < 4.78 is 7.02. The molecular formula is C26H25ClN6O2S. The molecule has 0 aliphatic rings. The van der Waals surface area contributed by atoms with Crippen LogP contribution >= 0.6 is 22.9 Å². The van der Waals surface area contributed by atoms with Crippen molar-refractivity contribution in [2.75, 3.05) is 18.1 Å². The van der Waals surface area contributed by atoms with Crippen molar-refractivity contribution in [2.24, 2.45) is 0 Å². The van der Waals surface area contributed by atoms with Crippen LogP contribution in [0.2, 0.25) is 5.02 Å². The normalized spacial score (nSPS) is 10.6. The smallest absolute Gasteiger partial charge is 0.273 e. The summed E-state index contributed by atoms with van der Waals surface area (Å²) in [6, 6.07) is 17.3. The molecule has 2 aromatic carbocycles. The summed E-state index contributed by atoms with van der Waals surface area (Å²) in [6.07, 6.45) is 2.34. The fourth-order valence-electron chi connectivity index (χ4n) is 3.67. The predicted octanol–water partition coefficient (Wildman–Crippen LogP) is 5.37. The van der Waals surface area contributed by atoms with Crippen LogP contribution in [0.15, 0.2) is 71.0 Å². The molecule has 0 spiro atoms. The number of hydrogen-bond donors (Lipinski definition) is 2. The van der Waals surface area contributed by atoms with Crippen LogP contribution in [0.4, 0.5) is 11.8 Å². The second kappa shape index (κ2) is 11.2. The van der Waals surface area contributed by atoms with E-state index in [1.807, 2.05) is 67.8 Å². The van der Waals surface area contributed by atoms with Gasteiger partial charge in [-0.3, -0.25) is 9.36 Å². The molecule has 5 rings (SSSR count). The minimum Gasteiger partial charge on any atom is -0.470 e. The van der Waals surface area contributed by atoms with Crippen LogP contribution in [0, 0.1) is 0 Å². The number of benzene rings is 2. The molecule has 5 aromatic rings. The van der Waals surface area contributed by atoms with E-state index in [4.69, 9.17) is 27.8 Å². The average Bonchev–Trinajstić information content (AvgIpc) is 3.33. The van der Waals surface area contributed by atoms with Crippen LogP contribution in [-0.4, -0.2) is 26.1 Å². The number of anilines is 2. The van der Waals surface area contributed by atoms with E-state index in [0.29, 0.717) is 39.3 Å². The standard InChI is InChI=1S/C17H14ClNO.C9H11N5OS/c1-2-13-11-12-7-6-10-15(18)16(12)17(20)19(13)14-8-4-3-5-9-14;1-2-15-9-13-6(4-16-9)5-3-12-8(11)14-7(5)10/h3-11H,2H2,1H3;3-4H,2H2,1H3,(H4,10,11,12,14). The highest BCUT2D eigenvalue weighted by Gasteiger charge is 2.12. The lowest BCUT2D eigenvalue weighted by Crippen LogP contribution is -2.22. The molecule has 8 nitrogen and oxygen atoms in total. The first kappa shape index (κ1) is 25.2. The van der Waals surface area contributed by atoms with Crippen LogP contribution in [-0.2, 0) is 6.42 Å². The van der Waals surface area contributed by atoms with Crippen molar-refractivity contribution in [1.29, 1.82) is 0 Å². The number of thiazole rings is 1. The molecule has 10 heteroatoms. The maximum Gasteiger partial charge on any atom is 0.273 e. The van der Waals surface area contributed by atoms with Crippen molar-refractivity contribution in [3.8, 4) is 22.1 Å². The van der Waals surface area contributed by atoms with E-state index in [9.17, 15) is 4.79 Å². The summed E-state index contributed by atoms with van der Waals surface area (Å²) in [5, 5.41) is 4.42. The van der Waals surface area contributed by atoms with Gasteiger partial charge < -0.3 is 16.2 Å². The molecule has 0 saturated heterocycles. The Morgan fingerprint density at radius 1 is 1.06 bits per heavy atom. The van der Waals surface area contributed by atoms with Gasteiger partial charge in [-0.25, -0.2) is 9.97 Å². The Bertz CT molecular complexity index is 1550. The molecule has 0 saturated carbocycles. The van der Waals surface area contributed by atoms with Gasteiger partial charge in [0.25, 0.3) is 10.8 Å². The Labute approximate surface area is 217 Å². The first-order valence-electron chi connectivity index (χ1n) is 11.3. The summed E-state index contributed by atoms with van der Waals surface area (Å²) in [5.74, 6) is 0.474. The number of aromatic nitrogens is 4. The van der Waals surface area contributed by atoms with Crippen molar-refractivity contribution in [3.05, 3.63) is 87.2 Å². The highest BCUT2D eigenvalue weighted by Crippen LogP contribution is 2.29. The molecule has 0 atom stereocenters. The monoisotopic (exact) mass is 520 g/mol. The molecule has 3 aromatic heterocycles. The highest BCUT2D eigenvalue weighted by atomic mass is 35.5. The van der Waals surface area contributed by atoms with Gasteiger partial charge in [-0.05, 0) is 43.0 Å². The fraction of sp³-hybridized carbons (Fsp3) is 0.154. The van der Waals surface area contributed by atoms with Crippen molar-refractivity contribution in [2.45, 2.75) is 20.3 Å². The second-order valence-electron chi connectivity index (χ2n) is 7.63. The predicted molar refractivity (Wildman–Crippen MR) is 147 cm³/mol. The zero-order chi connectivity index (χ0) is 25.7. The largest absolute Gasteiger partial charge is 0.470 e. The fourth-order valence-corrected chi connectivity index (χ4v) is 4.66. The summed E-state index contributed by atoms with van der Waals surface area (Å²) in [7, 11) is 0. The van der Waals surface area contributed by atoms with Crippen molar-refractivity contribution in [1.82, 2.24) is 19.5 Å². The summed E-state index contributed by atoms with van der Waals surface area (Å²) in [5.41, 5.74) is 14.3. The van der Waals surface area contributed by atoms with Crippen LogP contribution in [0.1, 0.15) is 19.5 Å². The number of nitrogens with zero attached hydrogens (tertiary/aromatic N) is 4. The molecule has 0 aliphatic carbocycles. The quantitative estimate of drug-likeness (QED) is 0.319. The lowest BCUT2D eigenvalue weighted by atomic mass is 10.1. The lowest BCUT2D eigenvalue weighted by molar-refractivity contribution is 0.338. The van der Waals surface area contributed by atoms with E-state index >= 15 is 0 Å². The maximum absolute atomic E-state index is 12.8. The molecule has 4 N–H and O–H groups in total. The number of pyridine rings is 1. The van der Waals surface area contributed by atoms with Gasteiger partial charge in [0, 0.05) is 23.0 Å². The Kier molecular flexibility index (Phi) is 7.82. The van der Waals surface area contributed by atoms with E-state index < -0.39 is 0 Å². The number of fused-ring (bicyclic) bond motifs is 1. The second-order valence-corrected chi connectivity index (χ2v) is 8.86. The summed E-state index contributed by atoms with van der Waals surface area (Å²) in [4.78, 5) is 24.8. The van der Waals surface area contributed by atoms with Gasteiger partial charge in [0.15, 0.2) is 0 Å². The van der Waals surface area contributed by atoms with Crippen molar-refractivity contribution < 1.29 is 4.74 Å². The molecule has 0 amide bonds. The third-order valence-corrected chi connectivity index (χ3v) is 6.38. The molecule has 0 aliphatic heterocycles. The minimum absolute atomic E-state index is 0.0591. The van der Waals surface area contributed by atoms with E-state index in [0.717, 1.165) is 23.2 Å². The van der Waals surface area contributed by atoms with Gasteiger partial charge in [0.1, 0.15) is 5.82 Å². The molecule has 184 valence electrons. The van der Waals surface area contributed by atoms with Crippen LogP contribution in [0.3, 0.4) is 0 Å². The summed E-state index contributed by atoms with van der Waals surface area (Å²) in [6.45, 7) is 4.53. The van der Waals surface area contributed by atoms with Gasteiger partial charge in [0.2, 0.25) is 5.95 Å². The number of para-hydroxylation sites is 1. The number of nitrogen functional groups attached to an aromatic ring is 2. The van der Waals surface area contributed by atoms with Crippen LogP contribution in [0.25, 0.3) is 27.7 Å². The highest BCUT2D eigenvalue weighted by molar-refractivity contribution is 7.11. The van der Waals surface area contributed by atoms with Gasteiger partial charge in [-0.15, -0.1) is 0 Å². The van der Waals surface area contributed by atoms with Crippen LogP contribution in [0.5, 0.6) is 5.19 Å². The third-order valence-electron chi connectivity index (χ3n) is 5.31. The third kappa shape index (κ3) is 5.32. The van der Waals surface area contributed by atoms with Gasteiger partial charge >= 0.3 is 0 Å². The number of hydrogen-bond acceptors (Lipinski definition) is 8.